The molecule has 0 spiro atoms. The van der Waals surface area contributed by atoms with Crippen molar-refractivity contribution in [3.63, 3.8) is 0 Å². The van der Waals surface area contributed by atoms with Crippen molar-refractivity contribution in [1.82, 2.24) is 10.2 Å². The van der Waals surface area contributed by atoms with Gasteiger partial charge in [-0.2, -0.15) is 5.10 Å². The molecule has 0 amide bonds. The number of furan rings is 1. The Balaban J connectivity index is 1.83. The fraction of sp³-hybridized carbons (Fsp3) is 0.0952. The van der Waals surface area contributed by atoms with E-state index in [-0.39, 0.29) is 0 Å². The zero-order valence-electron chi connectivity index (χ0n) is 13.5. The standard InChI is InChI=1S/C21H18N2O/c1-15-9-11-17(12-10-15)20-18(14-16-6-3-2-4-7-16)21(23-22-20)19-8-5-13-24-19/h2-13H,14H2,1H3,(H,22,23). The van der Waals surface area contributed by atoms with E-state index in [1.807, 2.05) is 18.2 Å². The number of rotatable bonds is 4. The van der Waals surface area contributed by atoms with Crippen LogP contribution in [0, 0.1) is 6.92 Å². The molecule has 2 aromatic carbocycles. The van der Waals surface area contributed by atoms with E-state index in [2.05, 4.69) is 65.7 Å². The second kappa shape index (κ2) is 6.20. The minimum Gasteiger partial charge on any atom is -0.463 e. The van der Waals surface area contributed by atoms with E-state index in [0.29, 0.717) is 0 Å². The van der Waals surface area contributed by atoms with Crippen molar-refractivity contribution in [1.29, 1.82) is 0 Å². The molecular formula is C21H18N2O. The number of aromatic amines is 1. The number of hydrogen-bond acceptors (Lipinski definition) is 2. The number of hydrogen-bond donors (Lipinski definition) is 1. The van der Waals surface area contributed by atoms with Crippen LogP contribution in [0.15, 0.2) is 77.4 Å². The third-order valence-corrected chi connectivity index (χ3v) is 4.18. The monoisotopic (exact) mass is 314 g/mol. The first-order valence-corrected chi connectivity index (χ1v) is 8.03. The van der Waals surface area contributed by atoms with Crippen LogP contribution in [0.5, 0.6) is 0 Å². The zero-order valence-corrected chi connectivity index (χ0v) is 13.5. The molecule has 0 aliphatic heterocycles. The van der Waals surface area contributed by atoms with Crippen molar-refractivity contribution in [2.24, 2.45) is 0 Å². The van der Waals surface area contributed by atoms with Crippen molar-refractivity contribution in [2.45, 2.75) is 13.3 Å². The van der Waals surface area contributed by atoms with Crippen LogP contribution in [0.25, 0.3) is 22.7 Å². The topological polar surface area (TPSA) is 41.8 Å². The number of nitrogens with zero attached hydrogens (tertiary/aromatic N) is 1. The summed E-state index contributed by atoms with van der Waals surface area (Å²) in [5.41, 5.74) is 6.68. The van der Waals surface area contributed by atoms with Crippen LogP contribution in [-0.4, -0.2) is 10.2 Å². The normalized spacial score (nSPS) is 10.9. The molecule has 0 aliphatic rings. The highest BCUT2D eigenvalue weighted by Gasteiger charge is 2.18. The summed E-state index contributed by atoms with van der Waals surface area (Å²) in [4.78, 5) is 0. The van der Waals surface area contributed by atoms with Gasteiger partial charge >= 0.3 is 0 Å². The van der Waals surface area contributed by atoms with Crippen molar-refractivity contribution < 1.29 is 4.42 Å². The lowest BCUT2D eigenvalue weighted by atomic mass is 9.98. The lowest BCUT2D eigenvalue weighted by Crippen LogP contribution is -1.92. The highest BCUT2D eigenvalue weighted by atomic mass is 16.3. The summed E-state index contributed by atoms with van der Waals surface area (Å²) in [5.74, 6) is 0.812. The molecule has 0 saturated carbocycles. The van der Waals surface area contributed by atoms with Gasteiger partial charge in [-0.15, -0.1) is 0 Å². The second-order valence-corrected chi connectivity index (χ2v) is 5.93. The molecule has 0 bridgehead atoms. The Hall–Kier alpha value is -3.07. The van der Waals surface area contributed by atoms with Gasteiger partial charge in [0.2, 0.25) is 0 Å². The van der Waals surface area contributed by atoms with E-state index in [4.69, 9.17) is 4.42 Å². The largest absolute Gasteiger partial charge is 0.463 e. The fourth-order valence-electron chi connectivity index (χ4n) is 2.91. The van der Waals surface area contributed by atoms with Crippen LogP contribution in [-0.2, 0) is 6.42 Å². The van der Waals surface area contributed by atoms with Crippen molar-refractivity contribution in [3.05, 3.63) is 89.7 Å². The van der Waals surface area contributed by atoms with Crippen LogP contribution >= 0.6 is 0 Å². The predicted molar refractivity (Wildman–Crippen MR) is 95.7 cm³/mol. The van der Waals surface area contributed by atoms with Crippen molar-refractivity contribution >= 4 is 0 Å². The quantitative estimate of drug-likeness (QED) is 0.560. The highest BCUT2D eigenvalue weighted by molar-refractivity contribution is 5.72. The predicted octanol–water partition coefficient (Wildman–Crippen LogP) is 5.24. The summed E-state index contributed by atoms with van der Waals surface area (Å²) in [6.45, 7) is 2.09. The Morgan fingerprint density at radius 2 is 1.71 bits per heavy atom. The molecule has 24 heavy (non-hydrogen) atoms. The minimum absolute atomic E-state index is 0.802. The van der Waals surface area contributed by atoms with Crippen molar-refractivity contribution in [2.75, 3.05) is 0 Å². The molecule has 0 fully saturated rings. The molecule has 0 atom stereocenters. The van der Waals surface area contributed by atoms with E-state index in [1.54, 1.807) is 6.26 Å². The third-order valence-electron chi connectivity index (χ3n) is 4.18. The van der Waals surface area contributed by atoms with Gasteiger partial charge in [-0.1, -0.05) is 60.2 Å². The minimum atomic E-state index is 0.802. The Bertz CT molecular complexity index is 920. The van der Waals surface area contributed by atoms with Crippen LogP contribution in [0.1, 0.15) is 16.7 Å². The van der Waals surface area contributed by atoms with Crippen LogP contribution in [0.2, 0.25) is 0 Å². The first-order valence-electron chi connectivity index (χ1n) is 8.03. The van der Waals surface area contributed by atoms with Gasteiger partial charge in [-0.25, -0.2) is 0 Å². The zero-order chi connectivity index (χ0) is 16.4. The molecular weight excluding hydrogens is 296 g/mol. The summed E-state index contributed by atoms with van der Waals surface area (Å²) in [7, 11) is 0. The Morgan fingerprint density at radius 3 is 2.42 bits per heavy atom. The Labute approximate surface area is 141 Å². The van der Waals surface area contributed by atoms with E-state index >= 15 is 0 Å². The van der Waals surface area contributed by atoms with E-state index in [0.717, 1.165) is 34.7 Å². The Morgan fingerprint density at radius 1 is 0.917 bits per heavy atom. The highest BCUT2D eigenvalue weighted by Crippen LogP contribution is 2.32. The number of aryl methyl sites for hydroxylation is 1. The molecule has 2 heterocycles. The molecule has 4 rings (SSSR count). The summed E-state index contributed by atoms with van der Waals surface area (Å²) in [5, 5.41) is 7.75. The lowest BCUT2D eigenvalue weighted by molar-refractivity contribution is 0.579. The first kappa shape index (κ1) is 14.5. The summed E-state index contributed by atoms with van der Waals surface area (Å²) in [6, 6.07) is 22.8. The lowest BCUT2D eigenvalue weighted by Gasteiger charge is -2.06. The molecule has 0 aliphatic carbocycles. The van der Waals surface area contributed by atoms with Gasteiger partial charge in [0.1, 0.15) is 5.69 Å². The molecule has 4 aromatic rings. The van der Waals surface area contributed by atoms with Gasteiger partial charge in [0.05, 0.1) is 12.0 Å². The van der Waals surface area contributed by atoms with Gasteiger partial charge in [0.25, 0.3) is 0 Å². The van der Waals surface area contributed by atoms with E-state index in [9.17, 15) is 0 Å². The van der Waals surface area contributed by atoms with Gasteiger partial charge in [-0.05, 0) is 24.6 Å². The maximum absolute atomic E-state index is 5.59. The SMILES string of the molecule is Cc1ccc(-c2n[nH]c(-c3ccco3)c2Cc2ccccc2)cc1. The maximum Gasteiger partial charge on any atom is 0.151 e. The van der Waals surface area contributed by atoms with Crippen LogP contribution < -0.4 is 0 Å². The van der Waals surface area contributed by atoms with Gasteiger partial charge < -0.3 is 4.42 Å². The molecule has 3 nitrogen and oxygen atoms in total. The second-order valence-electron chi connectivity index (χ2n) is 5.93. The number of H-pyrrole nitrogens is 1. The van der Waals surface area contributed by atoms with Crippen LogP contribution in [0.4, 0.5) is 0 Å². The molecule has 3 heteroatoms. The fourth-order valence-corrected chi connectivity index (χ4v) is 2.91. The van der Waals surface area contributed by atoms with E-state index in [1.165, 1.54) is 11.1 Å². The molecule has 0 saturated heterocycles. The third kappa shape index (κ3) is 2.76. The average Bonchev–Trinajstić information content (AvgIpc) is 3.26. The van der Waals surface area contributed by atoms with Crippen LogP contribution in [0.3, 0.4) is 0 Å². The maximum atomic E-state index is 5.59. The summed E-state index contributed by atoms with van der Waals surface area (Å²) < 4.78 is 5.59. The molecule has 0 unspecified atom stereocenters. The summed E-state index contributed by atoms with van der Waals surface area (Å²) in [6.07, 6.45) is 2.49. The Kier molecular flexibility index (Phi) is 3.75. The number of aromatic nitrogens is 2. The average molecular weight is 314 g/mol. The molecule has 118 valence electrons. The van der Waals surface area contributed by atoms with Gasteiger partial charge in [0.15, 0.2) is 5.76 Å². The first-order chi connectivity index (χ1) is 11.8. The van der Waals surface area contributed by atoms with Gasteiger partial charge in [0, 0.05) is 17.5 Å². The molecule has 0 radical (unpaired) electrons. The van der Waals surface area contributed by atoms with E-state index < -0.39 is 0 Å². The number of nitrogens with one attached hydrogen (secondary N) is 1. The van der Waals surface area contributed by atoms with Gasteiger partial charge in [-0.3, -0.25) is 5.10 Å². The smallest absolute Gasteiger partial charge is 0.151 e. The molecule has 2 aromatic heterocycles. The summed E-state index contributed by atoms with van der Waals surface area (Å²) >= 11 is 0. The van der Waals surface area contributed by atoms with Crippen molar-refractivity contribution in [3.8, 4) is 22.7 Å². The number of benzene rings is 2. The molecule has 1 N–H and O–H groups in total.